The molecule has 0 radical (unpaired) electrons. The zero-order valence-corrected chi connectivity index (χ0v) is 13.6. The lowest BCUT2D eigenvalue weighted by atomic mass is 9.93. The highest BCUT2D eigenvalue weighted by Gasteiger charge is 2.28. The molecule has 4 N–H and O–H groups in total. The van der Waals surface area contributed by atoms with E-state index in [1.807, 2.05) is 0 Å². The molecule has 3 amide bonds. The van der Waals surface area contributed by atoms with Gasteiger partial charge >= 0.3 is 6.03 Å². The van der Waals surface area contributed by atoms with Crippen molar-refractivity contribution in [1.29, 1.82) is 0 Å². The van der Waals surface area contributed by atoms with E-state index in [0.717, 1.165) is 12.0 Å². The minimum atomic E-state index is -0.755. The van der Waals surface area contributed by atoms with Crippen LogP contribution in [0.5, 0.6) is 0 Å². The van der Waals surface area contributed by atoms with E-state index in [0.29, 0.717) is 35.6 Å². The van der Waals surface area contributed by atoms with E-state index in [-0.39, 0.29) is 11.6 Å². The molecule has 0 fully saturated rings. The topological polar surface area (TPSA) is 110 Å². The summed E-state index contributed by atoms with van der Waals surface area (Å²) in [4.78, 5) is 23.4. The maximum atomic E-state index is 13.0. The van der Waals surface area contributed by atoms with Crippen molar-refractivity contribution in [3.8, 4) is 0 Å². The molecule has 0 atom stereocenters. The average molecular weight is 344 g/mol. The van der Waals surface area contributed by atoms with Gasteiger partial charge in [-0.05, 0) is 44.0 Å². The van der Waals surface area contributed by atoms with Crippen molar-refractivity contribution >= 4 is 23.3 Å². The first-order valence-corrected chi connectivity index (χ1v) is 7.77. The van der Waals surface area contributed by atoms with Crippen LogP contribution < -0.4 is 16.5 Å². The lowest BCUT2D eigenvalue weighted by molar-refractivity contribution is 0.0994. The van der Waals surface area contributed by atoms with Gasteiger partial charge in [-0.15, -0.1) is 0 Å². The fraction of sp³-hybridized carbons (Fsp3) is 0.235. The van der Waals surface area contributed by atoms with E-state index in [1.165, 1.54) is 24.3 Å². The molecule has 3 rings (SSSR count). The van der Waals surface area contributed by atoms with Gasteiger partial charge in [-0.2, -0.15) is 5.10 Å². The summed E-state index contributed by atoms with van der Waals surface area (Å²) in [6, 6.07) is 4.70. The molecule has 130 valence electrons. The van der Waals surface area contributed by atoms with Gasteiger partial charge in [0.1, 0.15) is 11.6 Å². The Hall–Kier alpha value is -3.16. The largest absolute Gasteiger partial charge is 0.455 e. The third-order valence-corrected chi connectivity index (χ3v) is 3.94. The number of fused-ring (bicyclic) bond motifs is 1. The lowest BCUT2D eigenvalue weighted by Gasteiger charge is -2.13. The highest BCUT2D eigenvalue weighted by Crippen LogP contribution is 2.30. The first kappa shape index (κ1) is 16.7. The number of benzene rings is 1. The van der Waals surface area contributed by atoms with Crippen LogP contribution in [-0.4, -0.2) is 17.6 Å². The smallest absolute Gasteiger partial charge is 0.332 e. The number of primary amides is 1. The molecule has 2 aromatic rings. The lowest BCUT2D eigenvalue weighted by Crippen LogP contribution is -2.27. The third-order valence-electron chi connectivity index (χ3n) is 3.94. The molecule has 1 heterocycles. The standard InChI is InChI=1S/C17H17FN4O3/c1-9-14-12(21-22-17(19)24)3-2-4-13(14)25-15(9)16(23)20-11-7-5-10(18)6-8-11/h5-8H,2-4H2,1H3,(H,20,23)(H3,19,22,24)/b21-12+. The third kappa shape index (κ3) is 3.52. The summed E-state index contributed by atoms with van der Waals surface area (Å²) < 4.78 is 18.7. The Morgan fingerprint density at radius 2 is 1.96 bits per heavy atom. The molecule has 1 aliphatic rings. The van der Waals surface area contributed by atoms with Crippen LogP contribution >= 0.6 is 0 Å². The number of hydrogen-bond acceptors (Lipinski definition) is 4. The van der Waals surface area contributed by atoms with E-state index in [1.54, 1.807) is 6.92 Å². The number of amides is 3. The number of nitrogens with one attached hydrogen (secondary N) is 2. The number of hydrazone groups is 1. The van der Waals surface area contributed by atoms with Gasteiger partial charge in [-0.1, -0.05) is 0 Å². The number of halogens is 1. The van der Waals surface area contributed by atoms with Crippen molar-refractivity contribution in [3.05, 3.63) is 52.7 Å². The van der Waals surface area contributed by atoms with Gasteiger partial charge in [0.25, 0.3) is 5.91 Å². The number of carbonyl (C=O) groups is 2. The number of nitrogens with two attached hydrogens (primary N) is 1. The Balaban J connectivity index is 1.88. The Bertz CT molecular complexity index is 856. The van der Waals surface area contributed by atoms with E-state index >= 15 is 0 Å². The van der Waals surface area contributed by atoms with Gasteiger partial charge in [0.15, 0.2) is 5.76 Å². The van der Waals surface area contributed by atoms with E-state index in [4.69, 9.17) is 10.2 Å². The van der Waals surface area contributed by atoms with E-state index in [9.17, 15) is 14.0 Å². The highest BCUT2D eigenvalue weighted by atomic mass is 19.1. The average Bonchev–Trinajstić information content (AvgIpc) is 2.93. The molecular formula is C17H17FN4O3. The normalized spacial score (nSPS) is 14.9. The molecule has 1 aromatic heterocycles. The van der Waals surface area contributed by atoms with Crippen molar-refractivity contribution in [1.82, 2.24) is 5.43 Å². The van der Waals surface area contributed by atoms with Gasteiger partial charge in [-0.3, -0.25) is 4.79 Å². The molecule has 0 saturated heterocycles. The second-order valence-corrected chi connectivity index (χ2v) is 5.70. The van der Waals surface area contributed by atoms with Gasteiger partial charge in [0.05, 0.1) is 5.71 Å². The SMILES string of the molecule is Cc1c(C(=O)Nc2ccc(F)cc2)oc2c1/C(=N/NC(N)=O)CCC2. The summed E-state index contributed by atoms with van der Waals surface area (Å²) in [5, 5.41) is 6.68. The molecule has 1 aliphatic carbocycles. The number of urea groups is 1. The first-order chi connectivity index (χ1) is 12.0. The monoisotopic (exact) mass is 344 g/mol. The molecule has 8 heteroatoms. The molecule has 0 aliphatic heterocycles. The van der Waals surface area contributed by atoms with Gasteiger partial charge in [0, 0.05) is 23.2 Å². The summed E-state index contributed by atoms with van der Waals surface area (Å²) in [6.45, 7) is 1.76. The number of aryl methyl sites for hydroxylation is 1. The molecule has 25 heavy (non-hydrogen) atoms. The fourth-order valence-electron chi connectivity index (χ4n) is 2.84. The minimum absolute atomic E-state index is 0.169. The number of carbonyl (C=O) groups excluding carboxylic acids is 2. The Labute approximate surface area is 143 Å². The van der Waals surface area contributed by atoms with Crippen molar-refractivity contribution in [3.63, 3.8) is 0 Å². The van der Waals surface area contributed by atoms with Crippen LogP contribution in [0.25, 0.3) is 0 Å². The van der Waals surface area contributed by atoms with E-state index < -0.39 is 11.9 Å². The number of anilines is 1. The molecule has 0 saturated carbocycles. The maximum Gasteiger partial charge on any atom is 0.332 e. The van der Waals surface area contributed by atoms with Crippen LogP contribution in [0.4, 0.5) is 14.9 Å². The van der Waals surface area contributed by atoms with Crippen molar-refractivity contribution in [2.45, 2.75) is 26.2 Å². The quantitative estimate of drug-likeness (QED) is 0.745. The molecule has 7 nitrogen and oxygen atoms in total. The zero-order valence-electron chi connectivity index (χ0n) is 13.6. The Morgan fingerprint density at radius 1 is 1.24 bits per heavy atom. The maximum absolute atomic E-state index is 13.0. The summed E-state index contributed by atoms with van der Waals surface area (Å²) in [5.74, 6) is 0.00666. The molecule has 0 spiro atoms. The minimum Gasteiger partial charge on any atom is -0.455 e. The van der Waals surface area contributed by atoms with Gasteiger partial charge in [0.2, 0.25) is 0 Å². The molecule has 0 bridgehead atoms. The second kappa shape index (κ2) is 6.76. The number of nitrogens with zero attached hydrogens (tertiary/aromatic N) is 1. The Kier molecular flexibility index (Phi) is 4.51. The van der Waals surface area contributed by atoms with Gasteiger partial charge < -0.3 is 15.5 Å². The fourth-order valence-corrected chi connectivity index (χ4v) is 2.84. The van der Waals surface area contributed by atoms with Crippen LogP contribution in [0.15, 0.2) is 33.8 Å². The predicted octanol–water partition coefficient (Wildman–Crippen LogP) is 2.69. The van der Waals surface area contributed by atoms with Crippen molar-refractivity contribution in [2.75, 3.05) is 5.32 Å². The molecular weight excluding hydrogens is 327 g/mol. The highest BCUT2D eigenvalue weighted by molar-refractivity contribution is 6.09. The van der Waals surface area contributed by atoms with Gasteiger partial charge in [-0.25, -0.2) is 14.6 Å². The number of rotatable bonds is 3. The van der Waals surface area contributed by atoms with Crippen LogP contribution in [0, 0.1) is 12.7 Å². The molecule has 1 aromatic carbocycles. The van der Waals surface area contributed by atoms with E-state index in [2.05, 4.69) is 15.8 Å². The zero-order chi connectivity index (χ0) is 18.0. The van der Waals surface area contributed by atoms with Crippen LogP contribution in [0.1, 0.15) is 40.3 Å². The summed E-state index contributed by atoms with van der Waals surface area (Å²) in [6.07, 6.45) is 2.11. The number of hydrogen-bond donors (Lipinski definition) is 3. The van der Waals surface area contributed by atoms with Crippen LogP contribution in [0.3, 0.4) is 0 Å². The van der Waals surface area contributed by atoms with Crippen molar-refractivity contribution in [2.24, 2.45) is 10.8 Å². The predicted molar refractivity (Wildman–Crippen MR) is 90.0 cm³/mol. The van der Waals surface area contributed by atoms with Crippen molar-refractivity contribution < 1.29 is 18.4 Å². The summed E-state index contributed by atoms with van der Waals surface area (Å²) in [5.41, 5.74) is 9.72. The summed E-state index contributed by atoms with van der Waals surface area (Å²) in [7, 11) is 0. The second-order valence-electron chi connectivity index (χ2n) is 5.70. The van der Waals surface area contributed by atoms with Crippen LogP contribution in [-0.2, 0) is 6.42 Å². The van der Waals surface area contributed by atoms with Crippen LogP contribution in [0.2, 0.25) is 0 Å². The first-order valence-electron chi connectivity index (χ1n) is 7.77. The number of furan rings is 1. The Morgan fingerprint density at radius 3 is 2.64 bits per heavy atom. The summed E-state index contributed by atoms with van der Waals surface area (Å²) >= 11 is 0. The molecule has 0 unspecified atom stereocenters.